The molecule has 0 aliphatic carbocycles. The summed E-state index contributed by atoms with van der Waals surface area (Å²) in [5.41, 5.74) is 7.58. The molecule has 102 valence electrons. The Hall–Kier alpha value is -0.860. The molecular weight excluding hydrogens is 220 g/mol. The third-order valence-corrected chi connectivity index (χ3v) is 3.34. The van der Waals surface area contributed by atoms with Crippen molar-refractivity contribution >= 4 is 0 Å². The second-order valence-electron chi connectivity index (χ2n) is 5.25. The molecule has 0 radical (unpaired) electrons. The molecule has 1 rings (SSSR count). The molecule has 1 aromatic rings. The first-order valence-corrected chi connectivity index (χ1v) is 7.20. The molecule has 0 amide bonds. The van der Waals surface area contributed by atoms with Crippen LogP contribution in [0.2, 0.25) is 0 Å². The quantitative estimate of drug-likeness (QED) is 0.681. The van der Waals surface area contributed by atoms with Crippen molar-refractivity contribution in [2.75, 3.05) is 20.1 Å². The van der Waals surface area contributed by atoms with Gasteiger partial charge in [0.15, 0.2) is 0 Å². The fourth-order valence-electron chi connectivity index (χ4n) is 2.21. The maximum absolute atomic E-state index is 6.19. The van der Waals surface area contributed by atoms with Crippen molar-refractivity contribution in [3.63, 3.8) is 0 Å². The lowest BCUT2D eigenvalue weighted by atomic mass is 10.1. The Kier molecular flexibility index (Phi) is 7.70. The molecule has 1 unspecified atom stereocenters. The molecule has 1 atom stereocenters. The van der Waals surface area contributed by atoms with Gasteiger partial charge < -0.3 is 10.6 Å². The first-order chi connectivity index (χ1) is 8.72. The third-order valence-electron chi connectivity index (χ3n) is 3.34. The van der Waals surface area contributed by atoms with Gasteiger partial charge in [0.2, 0.25) is 0 Å². The van der Waals surface area contributed by atoms with Crippen molar-refractivity contribution in [3.05, 3.63) is 35.9 Å². The molecular formula is C16H28N2. The molecule has 0 saturated heterocycles. The molecule has 0 fully saturated rings. The molecule has 0 aliphatic rings. The monoisotopic (exact) mass is 248 g/mol. The number of rotatable bonds is 9. The maximum atomic E-state index is 6.19. The summed E-state index contributed by atoms with van der Waals surface area (Å²) < 4.78 is 0. The Labute approximate surface area is 112 Å². The van der Waals surface area contributed by atoms with Crippen LogP contribution in [0.25, 0.3) is 0 Å². The highest BCUT2D eigenvalue weighted by molar-refractivity contribution is 5.14. The number of nitrogens with two attached hydrogens (primary N) is 1. The van der Waals surface area contributed by atoms with Gasteiger partial charge in [0.05, 0.1) is 0 Å². The van der Waals surface area contributed by atoms with E-state index in [0.29, 0.717) is 0 Å². The van der Waals surface area contributed by atoms with E-state index >= 15 is 0 Å². The number of unbranched alkanes of at least 4 members (excludes halogenated alkanes) is 2. The fraction of sp³-hybridized carbons (Fsp3) is 0.625. The van der Waals surface area contributed by atoms with Gasteiger partial charge in [-0.15, -0.1) is 0 Å². The number of likely N-dealkylation sites (N-methyl/N-ethyl adjacent to an activating group) is 1. The van der Waals surface area contributed by atoms with Gasteiger partial charge in [-0.05, 0) is 38.4 Å². The van der Waals surface area contributed by atoms with Crippen molar-refractivity contribution < 1.29 is 0 Å². The van der Waals surface area contributed by atoms with E-state index in [2.05, 4.69) is 49.2 Å². The van der Waals surface area contributed by atoms with Crippen molar-refractivity contribution in [2.24, 2.45) is 5.73 Å². The summed E-state index contributed by atoms with van der Waals surface area (Å²) in [5.74, 6) is 0. The number of nitrogens with zero attached hydrogens (tertiary/aromatic N) is 1. The van der Waals surface area contributed by atoms with Crippen LogP contribution in [0.4, 0.5) is 0 Å². The Balaban J connectivity index is 2.15. The van der Waals surface area contributed by atoms with Gasteiger partial charge >= 0.3 is 0 Å². The summed E-state index contributed by atoms with van der Waals surface area (Å²) in [6.07, 6.45) is 6.06. The van der Waals surface area contributed by atoms with Crippen molar-refractivity contribution in [2.45, 2.75) is 45.1 Å². The lowest BCUT2D eigenvalue weighted by Crippen LogP contribution is -2.36. The predicted molar refractivity (Wildman–Crippen MR) is 79.8 cm³/mol. The zero-order valence-electron chi connectivity index (χ0n) is 11.9. The van der Waals surface area contributed by atoms with Crippen LogP contribution in [-0.2, 0) is 6.42 Å². The second kappa shape index (κ2) is 9.12. The van der Waals surface area contributed by atoms with Gasteiger partial charge in [0.25, 0.3) is 0 Å². The predicted octanol–water partition coefficient (Wildman–Crippen LogP) is 3.07. The van der Waals surface area contributed by atoms with Crippen molar-refractivity contribution in [3.8, 4) is 0 Å². The summed E-state index contributed by atoms with van der Waals surface area (Å²) in [6, 6.07) is 10.9. The number of hydrogen-bond acceptors (Lipinski definition) is 2. The van der Waals surface area contributed by atoms with Crippen LogP contribution in [0.3, 0.4) is 0 Å². The summed E-state index contributed by atoms with van der Waals surface area (Å²) in [5, 5.41) is 0. The molecule has 0 aliphatic heterocycles. The first kappa shape index (κ1) is 15.2. The van der Waals surface area contributed by atoms with E-state index in [1.807, 2.05) is 0 Å². The van der Waals surface area contributed by atoms with E-state index in [-0.39, 0.29) is 6.04 Å². The van der Waals surface area contributed by atoms with E-state index in [1.54, 1.807) is 0 Å². The maximum Gasteiger partial charge on any atom is 0.0170 e. The minimum Gasteiger partial charge on any atom is -0.327 e. The summed E-state index contributed by atoms with van der Waals surface area (Å²) in [4.78, 5) is 2.37. The van der Waals surface area contributed by atoms with Gasteiger partial charge in [-0.2, -0.15) is 0 Å². The highest BCUT2D eigenvalue weighted by atomic mass is 15.1. The molecule has 18 heavy (non-hydrogen) atoms. The summed E-state index contributed by atoms with van der Waals surface area (Å²) in [7, 11) is 2.18. The molecule has 0 bridgehead atoms. The Bertz CT molecular complexity index is 297. The van der Waals surface area contributed by atoms with E-state index < -0.39 is 0 Å². The average molecular weight is 248 g/mol. The Morgan fingerprint density at radius 3 is 2.56 bits per heavy atom. The number of benzene rings is 1. The Morgan fingerprint density at radius 1 is 1.17 bits per heavy atom. The van der Waals surface area contributed by atoms with Gasteiger partial charge in [-0.25, -0.2) is 0 Å². The van der Waals surface area contributed by atoms with Gasteiger partial charge in [0.1, 0.15) is 0 Å². The minimum atomic E-state index is 0.289. The Morgan fingerprint density at radius 2 is 1.89 bits per heavy atom. The molecule has 0 aromatic heterocycles. The van der Waals surface area contributed by atoms with Gasteiger partial charge in [0, 0.05) is 12.6 Å². The van der Waals surface area contributed by atoms with Crippen LogP contribution < -0.4 is 5.73 Å². The molecule has 0 spiro atoms. The van der Waals surface area contributed by atoms with E-state index in [1.165, 1.54) is 31.4 Å². The van der Waals surface area contributed by atoms with E-state index in [4.69, 9.17) is 5.73 Å². The van der Waals surface area contributed by atoms with Crippen LogP contribution in [0.15, 0.2) is 30.3 Å². The highest BCUT2D eigenvalue weighted by Crippen LogP contribution is 2.05. The standard InChI is InChI=1S/C16H28N2/c1-3-4-8-13-18(2)14-16(17)12-11-15-9-6-5-7-10-15/h5-7,9-10,16H,3-4,8,11-14,17H2,1-2H3. The lowest BCUT2D eigenvalue weighted by Gasteiger charge is -2.21. The minimum absolute atomic E-state index is 0.289. The van der Waals surface area contributed by atoms with E-state index in [9.17, 15) is 0 Å². The van der Waals surface area contributed by atoms with Crippen molar-refractivity contribution in [1.82, 2.24) is 4.90 Å². The summed E-state index contributed by atoms with van der Waals surface area (Å²) in [6.45, 7) is 4.43. The molecule has 2 heteroatoms. The van der Waals surface area contributed by atoms with Gasteiger partial charge in [-0.1, -0.05) is 50.1 Å². The largest absolute Gasteiger partial charge is 0.327 e. The smallest absolute Gasteiger partial charge is 0.0170 e. The zero-order chi connectivity index (χ0) is 13.2. The zero-order valence-corrected chi connectivity index (χ0v) is 11.9. The molecule has 0 heterocycles. The fourth-order valence-corrected chi connectivity index (χ4v) is 2.21. The number of aryl methyl sites for hydroxylation is 1. The molecule has 1 aromatic carbocycles. The van der Waals surface area contributed by atoms with E-state index in [0.717, 1.165) is 19.4 Å². The molecule has 0 saturated carbocycles. The average Bonchev–Trinajstić information content (AvgIpc) is 2.38. The summed E-state index contributed by atoms with van der Waals surface area (Å²) >= 11 is 0. The van der Waals surface area contributed by atoms with Crippen molar-refractivity contribution in [1.29, 1.82) is 0 Å². The molecule has 2 N–H and O–H groups in total. The number of hydrogen-bond donors (Lipinski definition) is 1. The lowest BCUT2D eigenvalue weighted by molar-refractivity contribution is 0.298. The highest BCUT2D eigenvalue weighted by Gasteiger charge is 2.06. The van der Waals surface area contributed by atoms with Gasteiger partial charge in [-0.3, -0.25) is 0 Å². The van der Waals surface area contributed by atoms with Crippen LogP contribution in [0, 0.1) is 0 Å². The second-order valence-corrected chi connectivity index (χ2v) is 5.25. The van der Waals surface area contributed by atoms with Crippen LogP contribution in [0.5, 0.6) is 0 Å². The molecule has 2 nitrogen and oxygen atoms in total. The van der Waals surface area contributed by atoms with Crippen LogP contribution in [0.1, 0.15) is 38.2 Å². The topological polar surface area (TPSA) is 29.3 Å². The van der Waals surface area contributed by atoms with Crippen LogP contribution in [-0.4, -0.2) is 31.1 Å². The normalized spacial score (nSPS) is 12.9. The van der Waals surface area contributed by atoms with Crippen LogP contribution >= 0.6 is 0 Å². The third kappa shape index (κ3) is 6.77. The SMILES string of the molecule is CCCCCN(C)CC(N)CCc1ccccc1. The first-order valence-electron chi connectivity index (χ1n) is 7.20.